The van der Waals surface area contributed by atoms with Crippen molar-refractivity contribution in [2.45, 2.75) is 81.5 Å². The number of carbonyl (C=O) groups is 1. The molecule has 0 bridgehead atoms. The minimum absolute atomic E-state index is 0.0167. The van der Waals surface area contributed by atoms with E-state index in [-0.39, 0.29) is 35.9 Å². The Morgan fingerprint density at radius 2 is 1.98 bits per heavy atom. The zero-order valence-corrected chi connectivity index (χ0v) is 23.3. The first-order chi connectivity index (χ1) is 19.4. The van der Waals surface area contributed by atoms with Crippen LogP contribution in [-0.2, 0) is 31.1 Å². The van der Waals surface area contributed by atoms with Gasteiger partial charge in [0.25, 0.3) is 5.91 Å². The molecule has 2 N–H and O–H groups in total. The topological polar surface area (TPSA) is 92.5 Å². The van der Waals surface area contributed by atoms with E-state index in [1.807, 2.05) is 6.07 Å². The SMILES string of the molecule is COC1CC(O)([C@H](c2cccc(N3Cc4c(cc(CNC5(C)CCC5)cc4C(F)(F)F)C3=O)c2)c2nncn2C)C1. The Balaban J connectivity index is 1.34. The number of nitrogens with zero attached hydrogens (tertiary/aromatic N) is 4. The zero-order chi connectivity index (χ0) is 29.2. The fraction of sp³-hybridized carbons (Fsp3) is 0.500. The molecule has 8 nitrogen and oxygen atoms in total. The Morgan fingerprint density at radius 3 is 2.59 bits per heavy atom. The lowest BCUT2D eigenvalue weighted by molar-refractivity contribution is -0.138. The maximum atomic E-state index is 14.2. The number of rotatable bonds is 8. The minimum atomic E-state index is -4.60. The van der Waals surface area contributed by atoms with Crippen molar-refractivity contribution in [2.75, 3.05) is 12.0 Å². The summed E-state index contributed by atoms with van der Waals surface area (Å²) in [6, 6.07) is 9.81. The van der Waals surface area contributed by atoms with Gasteiger partial charge in [-0.05, 0) is 67.1 Å². The molecule has 2 heterocycles. The van der Waals surface area contributed by atoms with Crippen LogP contribution in [0.5, 0.6) is 0 Å². The molecule has 0 unspecified atom stereocenters. The first kappa shape index (κ1) is 27.9. The first-order valence-corrected chi connectivity index (χ1v) is 13.9. The third kappa shape index (κ3) is 4.93. The number of alkyl halides is 3. The second kappa shape index (κ2) is 9.92. The van der Waals surface area contributed by atoms with Crippen LogP contribution in [0.15, 0.2) is 42.7 Å². The summed E-state index contributed by atoms with van der Waals surface area (Å²) in [4.78, 5) is 15.0. The van der Waals surface area contributed by atoms with Gasteiger partial charge in [0, 0.05) is 50.3 Å². The summed E-state index contributed by atoms with van der Waals surface area (Å²) >= 11 is 0. The van der Waals surface area contributed by atoms with Crippen LogP contribution in [0.3, 0.4) is 0 Å². The Bertz CT molecular complexity index is 1480. The van der Waals surface area contributed by atoms with E-state index in [9.17, 15) is 23.1 Å². The number of methoxy groups -OCH3 is 1. The number of fused-ring (bicyclic) bond motifs is 1. The summed E-state index contributed by atoms with van der Waals surface area (Å²) < 4.78 is 49.8. The van der Waals surface area contributed by atoms with Crippen LogP contribution in [0, 0.1) is 0 Å². The van der Waals surface area contributed by atoms with E-state index < -0.39 is 29.2 Å². The molecule has 3 aromatic rings. The second-order valence-electron chi connectivity index (χ2n) is 12.0. The molecule has 11 heteroatoms. The van der Waals surface area contributed by atoms with Gasteiger partial charge < -0.3 is 24.6 Å². The number of hydrogen-bond donors (Lipinski definition) is 2. The molecule has 41 heavy (non-hydrogen) atoms. The number of ether oxygens (including phenoxy) is 1. The van der Waals surface area contributed by atoms with Gasteiger partial charge >= 0.3 is 6.18 Å². The molecule has 6 rings (SSSR count). The van der Waals surface area contributed by atoms with Crippen molar-refractivity contribution in [1.29, 1.82) is 0 Å². The van der Waals surface area contributed by atoms with Gasteiger partial charge in [0.1, 0.15) is 12.2 Å². The third-order valence-corrected chi connectivity index (χ3v) is 9.14. The van der Waals surface area contributed by atoms with E-state index in [4.69, 9.17) is 4.74 Å². The Morgan fingerprint density at radius 1 is 1.22 bits per heavy atom. The zero-order valence-electron chi connectivity index (χ0n) is 23.3. The van der Waals surface area contributed by atoms with E-state index in [2.05, 4.69) is 22.4 Å². The van der Waals surface area contributed by atoms with Crippen molar-refractivity contribution in [1.82, 2.24) is 20.1 Å². The Kier molecular flexibility index (Phi) is 6.74. The molecule has 1 aromatic heterocycles. The molecule has 0 spiro atoms. The molecule has 2 saturated carbocycles. The first-order valence-electron chi connectivity index (χ1n) is 13.9. The number of hydrogen-bond acceptors (Lipinski definition) is 6. The monoisotopic (exact) mass is 569 g/mol. The van der Waals surface area contributed by atoms with Crippen LogP contribution in [0.2, 0.25) is 0 Å². The molecule has 218 valence electrons. The van der Waals surface area contributed by atoms with Crippen molar-refractivity contribution in [3.8, 4) is 0 Å². The maximum absolute atomic E-state index is 14.2. The standard InChI is InChI=1S/C30H34F3N5O3/c1-28(8-5-9-28)34-15-18-10-22-23(24(11-18)30(31,32)33)16-38(27(22)39)20-7-4-6-19(12-20)25(26-36-35-17-37(26)2)29(40)13-21(14-29)41-3/h4,6-7,10-12,17,21,25,34,40H,5,8-9,13-16H2,1-3H3/t21?,25-,29?/m1/s1. The number of anilines is 1. The minimum Gasteiger partial charge on any atom is -0.389 e. The van der Waals surface area contributed by atoms with Crippen LogP contribution in [-0.4, -0.2) is 50.1 Å². The summed E-state index contributed by atoms with van der Waals surface area (Å²) in [7, 11) is 3.39. The van der Waals surface area contributed by atoms with Crippen LogP contribution in [0.25, 0.3) is 0 Å². The van der Waals surface area contributed by atoms with Gasteiger partial charge in [-0.2, -0.15) is 13.2 Å². The van der Waals surface area contributed by atoms with E-state index in [0.29, 0.717) is 35.5 Å². The van der Waals surface area contributed by atoms with Gasteiger partial charge in [0.2, 0.25) is 0 Å². The largest absolute Gasteiger partial charge is 0.416 e. The molecular formula is C30H34F3N5O3. The van der Waals surface area contributed by atoms with E-state index in [1.54, 1.807) is 49.3 Å². The number of halogens is 3. The van der Waals surface area contributed by atoms with Crippen LogP contribution in [0.4, 0.5) is 18.9 Å². The quantitative estimate of drug-likeness (QED) is 0.409. The lowest BCUT2D eigenvalue weighted by Crippen LogP contribution is -2.53. The van der Waals surface area contributed by atoms with Crippen LogP contribution < -0.4 is 10.2 Å². The summed E-state index contributed by atoms with van der Waals surface area (Å²) in [5.74, 6) is -0.499. The van der Waals surface area contributed by atoms with Gasteiger partial charge in [-0.15, -0.1) is 10.2 Å². The Labute approximate surface area is 236 Å². The normalized spacial score (nSPS) is 24.1. The molecule has 3 aliphatic rings. The summed E-state index contributed by atoms with van der Waals surface area (Å²) in [6.45, 7) is 2.14. The highest BCUT2D eigenvalue weighted by molar-refractivity contribution is 6.10. The average molecular weight is 570 g/mol. The van der Waals surface area contributed by atoms with Crippen LogP contribution >= 0.6 is 0 Å². The lowest BCUT2D eigenvalue weighted by Gasteiger charge is -2.47. The molecule has 2 aromatic carbocycles. The molecule has 2 fully saturated rings. The predicted octanol–water partition coefficient (Wildman–Crippen LogP) is 4.70. The highest BCUT2D eigenvalue weighted by atomic mass is 19.4. The van der Waals surface area contributed by atoms with E-state index in [0.717, 1.165) is 19.3 Å². The number of aryl methyl sites for hydroxylation is 1. The van der Waals surface area contributed by atoms with Crippen molar-refractivity contribution >= 4 is 11.6 Å². The van der Waals surface area contributed by atoms with Crippen molar-refractivity contribution < 1.29 is 27.8 Å². The summed E-state index contributed by atoms with van der Waals surface area (Å²) in [5, 5.41) is 23.2. The van der Waals surface area contributed by atoms with Gasteiger partial charge in [-0.25, -0.2) is 0 Å². The average Bonchev–Trinajstić information content (AvgIpc) is 3.46. The smallest absolute Gasteiger partial charge is 0.389 e. The summed E-state index contributed by atoms with van der Waals surface area (Å²) in [5.41, 5.74) is -0.366. The number of nitrogens with one attached hydrogen (secondary N) is 1. The van der Waals surface area contributed by atoms with Gasteiger partial charge in [-0.3, -0.25) is 4.79 Å². The second-order valence-corrected chi connectivity index (χ2v) is 12.0. The summed E-state index contributed by atoms with van der Waals surface area (Å²) in [6.07, 6.45) is 0.696. The molecule has 2 aliphatic carbocycles. The highest BCUT2D eigenvalue weighted by Gasteiger charge is 2.51. The van der Waals surface area contributed by atoms with Crippen molar-refractivity contribution in [2.24, 2.45) is 7.05 Å². The number of aromatic nitrogens is 3. The van der Waals surface area contributed by atoms with Gasteiger partial charge in [0.15, 0.2) is 0 Å². The van der Waals surface area contributed by atoms with E-state index >= 15 is 0 Å². The molecule has 1 atom stereocenters. The number of aliphatic hydroxyl groups is 1. The third-order valence-electron chi connectivity index (χ3n) is 9.14. The van der Waals surface area contributed by atoms with Crippen molar-refractivity contribution in [3.63, 3.8) is 0 Å². The van der Waals surface area contributed by atoms with Crippen molar-refractivity contribution in [3.05, 3.63) is 76.4 Å². The van der Waals surface area contributed by atoms with E-state index in [1.165, 1.54) is 11.0 Å². The van der Waals surface area contributed by atoms with Crippen LogP contribution in [0.1, 0.15) is 83.4 Å². The predicted molar refractivity (Wildman–Crippen MR) is 145 cm³/mol. The number of amides is 1. The molecule has 0 radical (unpaired) electrons. The van der Waals surface area contributed by atoms with Gasteiger partial charge in [0.05, 0.1) is 29.7 Å². The maximum Gasteiger partial charge on any atom is 0.416 e. The Hall–Kier alpha value is -3.28. The fourth-order valence-corrected chi connectivity index (χ4v) is 6.49. The van der Waals surface area contributed by atoms with Gasteiger partial charge in [-0.1, -0.05) is 12.1 Å². The highest BCUT2D eigenvalue weighted by Crippen LogP contribution is 2.48. The lowest BCUT2D eigenvalue weighted by atomic mass is 9.66. The number of carbonyl (C=O) groups excluding carboxylic acids is 1. The molecular weight excluding hydrogens is 535 g/mol. The number of benzene rings is 2. The molecule has 1 amide bonds. The molecule has 0 saturated heterocycles. The fourth-order valence-electron chi connectivity index (χ4n) is 6.49. The molecule has 1 aliphatic heterocycles.